The van der Waals surface area contributed by atoms with Gasteiger partial charge in [-0.05, 0) is 56.9 Å². The molecule has 0 bridgehead atoms. The second-order valence-electron chi connectivity index (χ2n) is 9.18. The molecule has 0 saturated heterocycles. The van der Waals surface area contributed by atoms with E-state index in [0.717, 1.165) is 35.9 Å². The summed E-state index contributed by atoms with van der Waals surface area (Å²) in [5.41, 5.74) is 2.39. The summed E-state index contributed by atoms with van der Waals surface area (Å²) >= 11 is 0. The van der Waals surface area contributed by atoms with Crippen molar-refractivity contribution in [3.8, 4) is 5.75 Å². The number of nitrogens with one attached hydrogen (secondary N) is 1. The number of rotatable bonds is 11. The highest BCUT2D eigenvalue weighted by Crippen LogP contribution is 2.33. The van der Waals surface area contributed by atoms with Crippen molar-refractivity contribution >= 4 is 17.1 Å². The van der Waals surface area contributed by atoms with Gasteiger partial charge in [0.2, 0.25) is 5.89 Å². The Labute approximate surface area is 206 Å². The van der Waals surface area contributed by atoms with Crippen LogP contribution in [-0.4, -0.2) is 21.7 Å². The van der Waals surface area contributed by atoms with E-state index in [1.807, 2.05) is 66.7 Å². The van der Waals surface area contributed by atoms with Gasteiger partial charge in [-0.25, -0.2) is 9.78 Å². The Bertz CT molecular complexity index is 1230. The minimum Gasteiger partial charge on any atom is -0.478 e. The molecule has 1 heterocycles. The molecule has 182 valence electrons. The zero-order chi connectivity index (χ0) is 24.8. The van der Waals surface area contributed by atoms with Crippen molar-refractivity contribution in [3.05, 3.63) is 95.9 Å². The number of carboxylic acids is 1. The van der Waals surface area contributed by atoms with Crippen molar-refractivity contribution in [1.29, 1.82) is 0 Å². The molecule has 0 fully saturated rings. The van der Waals surface area contributed by atoms with Crippen LogP contribution < -0.4 is 10.1 Å². The molecule has 0 aliphatic carbocycles. The van der Waals surface area contributed by atoms with Gasteiger partial charge in [-0.1, -0.05) is 67.6 Å². The van der Waals surface area contributed by atoms with Crippen LogP contribution in [0, 0.1) is 0 Å². The molecule has 2 atom stereocenters. The first-order valence-corrected chi connectivity index (χ1v) is 12.0. The van der Waals surface area contributed by atoms with Gasteiger partial charge >= 0.3 is 5.97 Å². The van der Waals surface area contributed by atoms with Crippen LogP contribution in [0.5, 0.6) is 5.75 Å². The van der Waals surface area contributed by atoms with Gasteiger partial charge < -0.3 is 14.3 Å². The maximum atomic E-state index is 11.7. The fourth-order valence-corrected chi connectivity index (χ4v) is 4.12. The Hall–Kier alpha value is -3.64. The minimum absolute atomic E-state index is 0.0911. The van der Waals surface area contributed by atoms with Crippen molar-refractivity contribution in [3.63, 3.8) is 0 Å². The first-order chi connectivity index (χ1) is 16.9. The van der Waals surface area contributed by atoms with Crippen LogP contribution in [0.25, 0.3) is 11.1 Å². The third kappa shape index (κ3) is 5.89. The first-order valence-electron chi connectivity index (χ1n) is 12.0. The Morgan fingerprint density at radius 3 is 2.40 bits per heavy atom. The maximum absolute atomic E-state index is 11.7. The minimum atomic E-state index is -1.35. The fraction of sp³-hybridized carbons (Fsp3) is 0.310. The van der Waals surface area contributed by atoms with Crippen LogP contribution in [0.15, 0.2) is 83.3 Å². The standard InChI is InChI=1S/C29H32N2O4/c1-4-22(21-14-8-10-16-25(21)35-29(2,3)28(32)33)30-24(19-18-20-12-6-5-7-13-20)27-31-23-15-9-11-17-26(23)34-27/h5-17,22,24,30H,4,18-19H2,1-3H3,(H,32,33). The molecule has 0 saturated carbocycles. The normalized spacial score (nSPS) is 13.5. The lowest BCUT2D eigenvalue weighted by Crippen LogP contribution is -2.38. The first kappa shape index (κ1) is 24.5. The van der Waals surface area contributed by atoms with Gasteiger partial charge in [-0.3, -0.25) is 5.32 Å². The third-order valence-corrected chi connectivity index (χ3v) is 6.16. The summed E-state index contributed by atoms with van der Waals surface area (Å²) in [7, 11) is 0. The van der Waals surface area contributed by atoms with Crippen molar-refractivity contribution in [1.82, 2.24) is 10.3 Å². The van der Waals surface area contributed by atoms with Crippen molar-refractivity contribution < 1.29 is 19.1 Å². The monoisotopic (exact) mass is 472 g/mol. The van der Waals surface area contributed by atoms with E-state index in [2.05, 4.69) is 24.4 Å². The van der Waals surface area contributed by atoms with E-state index < -0.39 is 11.6 Å². The Morgan fingerprint density at radius 1 is 1.00 bits per heavy atom. The smallest absolute Gasteiger partial charge is 0.347 e. The SMILES string of the molecule is CCC(NC(CCc1ccccc1)c1nc2ccccc2o1)c1ccccc1OC(C)(C)C(=O)O. The third-order valence-electron chi connectivity index (χ3n) is 6.16. The molecule has 4 rings (SSSR count). The van der Waals surface area contributed by atoms with E-state index >= 15 is 0 Å². The summed E-state index contributed by atoms with van der Waals surface area (Å²) in [6.07, 6.45) is 2.42. The number of fused-ring (bicyclic) bond motifs is 1. The molecule has 2 unspecified atom stereocenters. The number of carbonyl (C=O) groups is 1. The number of oxazole rings is 1. The zero-order valence-corrected chi connectivity index (χ0v) is 20.4. The van der Waals surface area contributed by atoms with Crippen LogP contribution in [0.3, 0.4) is 0 Å². The summed E-state index contributed by atoms with van der Waals surface area (Å²) in [5.74, 6) is 0.184. The number of hydrogen-bond donors (Lipinski definition) is 2. The molecule has 4 aromatic rings. The number of benzene rings is 3. The number of aliphatic carboxylic acids is 1. The molecule has 0 spiro atoms. The second kappa shape index (κ2) is 10.7. The number of para-hydroxylation sites is 3. The number of ether oxygens (including phenoxy) is 1. The van der Waals surface area contributed by atoms with E-state index in [1.165, 1.54) is 5.56 Å². The van der Waals surface area contributed by atoms with Crippen molar-refractivity contribution in [2.75, 3.05) is 0 Å². The van der Waals surface area contributed by atoms with E-state index in [9.17, 15) is 9.90 Å². The van der Waals surface area contributed by atoms with Gasteiger partial charge in [0.25, 0.3) is 0 Å². The fourth-order valence-electron chi connectivity index (χ4n) is 4.12. The van der Waals surface area contributed by atoms with Gasteiger partial charge in [-0.2, -0.15) is 0 Å². The summed E-state index contributed by atoms with van der Waals surface area (Å²) in [5, 5.41) is 13.3. The molecule has 6 heteroatoms. The predicted octanol–water partition coefficient (Wildman–Crippen LogP) is 6.48. The lowest BCUT2D eigenvalue weighted by atomic mass is 9.99. The van der Waals surface area contributed by atoms with Gasteiger partial charge in [0.05, 0.1) is 6.04 Å². The zero-order valence-electron chi connectivity index (χ0n) is 20.4. The topological polar surface area (TPSA) is 84.6 Å². The van der Waals surface area contributed by atoms with Crippen LogP contribution in [-0.2, 0) is 11.2 Å². The van der Waals surface area contributed by atoms with E-state index in [-0.39, 0.29) is 12.1 Å². The van der Waals surface area contributed by atoms with Crippen LogP contribution in [0.4, 0.5) is 0 Å². The molecule has 1 aromatic heterocycles. The molecule has 0 aliphatic rings. The lowest BCUT2D eigenvalue weighted by Gasteiger charge is -2.28. The predicted molar refractivity (Wildman–Crippen MR) is 136 cm³/mol. The largest absolute Gasteiger partial charge is 0.478 e. The van der Waals surface area contributed by atoms with Crippen molar-refractivity contribution in [2.24, 2.45) is 0 Å². The molecular formula is C29H32N2O4. The summed E-state index contributed by atoms with van der Waals surface area (Å²) in [6, 6.07) is 25.5. The molecule has 0 amide bonds. The van der Waals surface area contributed by atoms with Crippen LogP contribution >= 0.6 is 0 Å². The molecule has 0 radical (unpaired) electrons. The van der Waals surface area contributed by atoms with Gasteiger partial charge in [0.15, 0.2) is 11.2 Å². The lowest BCUT2D eigenvalue weighted by molar-refractivity contribution is -0.152. The second-order valence-corrected chi connectivity index (χ2v) is 9.18. The molecule has 3 aromatic carbocycles. The number of hydrogen-bond acceptors (Lipinski definition) is 5. The van der Waals surface area contributed by atoms with E-state index in [4.69, 9.17) is 14.1 Å². The summed E-state index contributed by atoms with van der Waals surface area (Å²) in [6.45, 7) is 5.21. The summed E-state index contributed by atoms with van der Waals surface area (Å²) in [4.78, 5) is 16.5. The highest BCUT2D eigenvalue weighted by Gasteiger charge is 2.31. The van der Waals surface area contributed by atoms with Crippen LogP contribution in [0.1, 0.15) is 62.7 Å². The van der Waals surface area contributed by atoms with Gasteiger partial charge in [0, 0.05) is 11.6 Å². The number of aromatic nitrogens is 1. The van der Waals surface area contributed by atoms with Crippen LogP contribution in [0.2, 0.25) is 0 Å². The number of carboxylic acid groups (broad SMARTS) is 1. The quantitative estimate of drug-likeness (QED) is 0.260. The van der Waals surface area contributed by atoms with Gasteiger partial charge in [0.1, 0.15) is 11.3 Å². The number of aryl methyl sites for hydroxylation is 1. The van der Waals surface area contributed by atoms with E-state index in [0.29, 0.717) is 11.6 Å². The van der Waals surface area contributed by atoms with Gasteiger partial charge in [-0.15, -0.1) is 0 Å². The average Bonchev–Trinajstić information content (AvgIpc) is 3.29. The highest BCUT2D eigenvalue weighted by atomic mass is 16.5. The highest BCUT2D eigenvalue weighted by molar-refractivity contribution is 5.77. The Kier molecular flexibility index (Phi) is 7.51. The molecular weight excluding hydrogens is 440 g/mol. The Morgan fingerprint density at radius 2 is 1.69 bits per heavy atom. The summed E-state index contributed by atoms with van der Waals surface area (Å²) < 4.78 is 12.1. The molecule has 2 N–H and O–H groups in total. The molecule has 0 aliphatic heterocycles. The van der Waals surface area contributed by atoms with E-state index in [1.54, 1.807) is 13.8 Å². The Balaban J connectivity index is 1.64. The molecule has 35 heavy (non-hydrogen) atoms. The average molecular weight is 473 g/mol. The number of nitrogens with zero attached hydrogens (tertiary/aromatic N) is 1. The molecule has 6 nitrogen and oxygen atoms in total. The maximum Gasteiger partial charge on any atom is 0.347 e. The van der Waals surface area contributed by atoms with Crippen molar-refractivity contribution in [2.45, 2.75) is 57.7 Å².